The molecule has 0 saturated heterocycles. The number of hydrogen-bond acceptors (Lipinski definition) is 4. The van der Waals surface area contributed by atoms with Crippen molar-refractivity contribution < 1.29 is 14.3 Å². The van der Waals surface area contributed by atoms with E-state index in [-0.39, 0.29) is 5.91 Å². The van der Waals surface area contributed by atoms with E-state index in [1.165, 1.54) is 7.11 Å². The first-order valence-electron chi connectivity index (χ1n) is 6.03. The number of ether oxygens (including phenoxy) is 2. The van der Waals surface area contributed by atoms with Gasteiger partial charge < -0.3 is 20.5 Å². The molecule has 0 atom stereocenters. The molecule has 0 radical (unpaired) electrons. The fraction of sp³-hybridized carbons (Fsp3) is 0.133. The minimum absolute atomic E-state index is 0.226. The van der Waals surface area contributed by atoms with Crippen LogP contribution in [-0.2, 0) is 0 Å². The highest BCUT2D eigenvalue weighted by Crippen LogP contribution is 2.27. The van der Waals surface area contributed by atoms with Gasteiger partial charge in [-0.05, 0) is 42.5 Å². The van der Waals surface area contributed by atoms with Crippen LogP contribution in [0.1, 0.15) is 10.4 Å². The van der Waals surface area contributed by atoms with Gasteiger partial charge in [-0.1, -0.05) is 0 Å². The van der Waals surface area contributed by atoms with Crippen molar-refractivity contribution in [2.24, 2.45) is 0 Å². The van der Waals surface area contributed by atoms with Crippen LogP contribution < -0.4 is 20.5 Å². The Balaban J connectivity index is 2.18. The molecule has 5 nitrogen and oxygen atoms in total. The molecule has 0 aliphatic carbocycles. The summed E-state index contributed by atoms with van der Waals surface area (Å²) in [7, 11) is 3.07. The predicted octanol–water partition coefficient (Wildman–Crippen LogP) is 2.54. The van der Waals surface area contributed by atoms with Gasteiger partial charge in [0.25, 0.3) is 5.91 Å². The van der Waals surface area contributed by atoms with E-state index in [1.807, 2.05) is 0 Å². The van der Waals surface area contributed by atoms with Crippen molar-refractivity contribution in [3.05, 3.63) is 48.0 Å². The first kappa shape index (κ1) is 13.7. The van der Waals surface area contributed by atoms with Gasteiger partial charge in [0.05, 0.1) is 14.2 Å². The summed E-state index contributed by atoms with van der Waals surface area (Å²) in [6.45, 7) is 0. The molecule has 0 spiro atoms. The molecule has 2 rings (SSSR count). The Morgan fingerprint density at radius 1 is 1.00 bits per heavy atom. The van der Waals surface area contributed by atoms with Gasteiger partial charge in [-0.3, -0.25) is 4.79 Å². The summed E-state index contributed by atoms with van der Waals surface area (Å²) in [6.07, 6.45) is 0. The number of carbonyl (C=O) groups excluding carboxylic acids is 1. The Bertz CT molecular complexity index is 609. The molecule has 0 heterocycles. The number of rotatable bonds is 4. The third-order valence-electron chi connectivity index (χ3n) is 2.81. The van der Waals surface area contributed by atoms with Crippen molar-refractivity contribution in [2.45, 2.75) is 0 Å². The number of benzene rings is 2. The summed E-state index contributed by atoms with van der Waals surface area (Å²) in [4.78, 5) is 12.1. The number of hydrogen-bond donors (Lipinski definition) is 2. The molecular weight excluding hydrogens is 256 g/mol. The zero-order chi connectivity index (χ0) is 14.5. The molecule has 0 saturated carbocycles. The summed E-state index contributed by atoms with van der Waals surface area (Å²) in [5, 5.41) is 2.78. The Morgan fingerprint density at radius 3 is 2.25 bits per heavy atom. The van der Waals surface area contributed by atoms with E-state index in [4.69, 9.17) is 15.2 Å². The average molecular weight is 272 g/mol. The second-order valence-corrected chi connectivity index (χ2v) is 4.15. The third-order valence-corrected chi connectivity index (χ3v) is 2.81. The van der Waals surface area contributed by atoms with Crippen LogP contribution >= 0.6 is 0 Å². The second-order valence-electron chi connectivity index (χ2n) is 4.15. The Morgan fingerprint density at radius 2 is 1.65 bits per heavy atom. The standard InChI is InChI=1S/C15H16N2O3/c1-19-13-8-3-10(9-14(13)20-2)15(18)17-12-6-4-11(16)5-7-12/h3-9H,16H2,1-2H3,(H,17,18). The van der Waals surface area contributed by atoms with Crippen LogP contribution in [-0.4, -0.2) is 20.1 Å². The number of anilines is 2. The number of carbonyl (C=O) groups is 1. The summed E-state index contributed by atoms with van der Waals surface area (Å²) >= 11 is 0. The van der Waals surface area contributed by atoms with Gasteiger partial charge in [0.15, 0.2) is 11.5 Å². The fourth-order valence-electron chi connectivity index (χ4n) is 1.75. The molecule has 20 heavy (non-hydrogen) atoms. The zero-order valence-corrected chi connectivity index (χ0v) is 11.3. The highest BCUT2D eigenvalue weighted by atomic mass is 16.5. The lowest BCUT2D eigenvalue weighted by Gasteiger charge is -2.10. The minimum atomic E-state index is -0.226. The Hall–Kier alpha value is -2.69. The summed E-state index contributed by atoms with van der Waals surface area (Å²) in [6, 6.07) is 11.9. The molecule has 0 aliphatic heterocycles. The predicted molar refractivity (Wildman–Crippen MR) is 78.4 cm³/mol. The lowest BCUT2D eigenvalue weighted by molar-refractivity contribution is 0.102. The van der Waals surface area contributed by atoms with E-state index in [2.05, 4.69) is 5.32 Å². The largest absolute Gasteiger partial charge is 0.493 e. The molecule has 0 aliphatic rings. The van der Waals surface area contributed by atoms with Gasteiger partial charge in [-0.2, -0.15) is 0 Å². The van der Waals surface area contributed by atoms with E-state index >= 15 is 0 Å². The van der Waals surface area contributed by atoms with Crippen LogP contribution in [0.4, 0.5) is 11.4 Å². The number of nitrogens with one attached hydrogen (secondary N) is 1. The van der Waals surface area contributed by atoms with Crippen LogP contribution in [0.15, 0.2) is 42.5 Å². The van der Waals surface area contributed by atoms with Crippen LogP contribution in [0.25, 0.3) is 0 Å². The topological polar surface area (TPSA) is 73.6 Å². The summed E-state index contributed by atoms with van der Waals surface area (Å²) in [5.74, 6) is 0.865. The van der Waals surface area contributed by atoms with Crippen molar-refractivity contribution in [1.29, 1.82) is 0 Å². The molecule has 2 aromatic rings. The molecule has 5 heteroatoms. The molecule has 0 fully saturated rings. The maximum Gasteiger partial charge on any atom is 0.255 e. The molecule has 1 amide bonds. The van der Waals surface area contributed by atoms with Crippen molar-refractivity contribution >= 4 is 17.3 Å². The summed E-state index contributed by atoms with van der Waals surface area (Å²) < 4.78 is 10.3. The molecule has 0 aromatic heterocycles. The molecule has 3 N–H and O–H groups in total. The van der Waals surface area contributed by atoms with E-state index in [9.17, 15) is 4.79 Å². The van der Waals surface area contributed by atoms with Gasteiger partial charge >= 0.3 is 0 Å². The normalized spacial score (nSPS) is 9.90. The monoisotopic (exact) mass is 272 g/mol. The van der Waals surface area contributed by atoms with Gasteiger partial charge in [0, 0.05) is 16.9 Å². The maximum absolute atomic E-state index is 12.1. The van der Waals surface area contributed by atoms with Crippen LogP contribution in [0.5, 0.6) is 11.5 Å². The van der Waals surface area contributed by atoms with Crippen LogP contribution in [0, 0.1) is 0 Å². The second kappa shape index (κ2) is 5.97. The Kier molecular flexibility index (Phi) is 4.10. The van der Waals surface area contributed by atoms with Gasteiger partial charge in [0.2, 0.25) is 0 Å². The highest BCUT2D eigenvalue weighted by molar-refractivity contribution is 6.04. The molecule has 104 valence electrons. The Labute approximate surface area is 117 Å². The van der Waals surface area contributed by atoms with Gasteiger partial charge in [0.1, 0.15) is 0 Å². The van der Waals surface area contributed by atoms with E-state index in [0.29, 0.717) is 28.4 Å². The van der Waals surface area contributed by atoms with E-state index in [0.717, 1.165) is 0 Å². The summed E-state index contributed by atoms with van der Waals surface area (Å²) in [5.41, 5.74) is 7.41. The first-order valence-corrected chi connectivity index (χ1v) is 6.03. The van der Waals surface area contributed by atoms with Crippen molar-refractivity contribution in [3.8, 4) is 11.5 Å². The lowest BCUT2D eigenvalue weighted by Crippen LogP contribution is -2.12. The van der Waals surface area contributed by atoms with Crippen molar-refractivity contribution in [2.75, 3.05) is 25.3 Å². The first-order chi connectivity index (χ1) is 9.63. The number of amides is 1. The van der Waals surface area contributed by atoms with Crippen LogP contribution in [0.3, 0.4) is 0 Å². The average Bonchev–Trinajstić information content (AvgIpc) is 2.48. The highest BCUT2D eigenvalue weighted by Gasteiger charge is 2.10. The number of nitrogens with two attached hydrogens (primary N) is 1. The molecule has 2 aromatic carbocycles. The SMILES string of the molecule is COc1ccc(C(=O)Nc2ccc(N)cc2)cc1OC. The quantitative estimate of drug-likeness (QED) is 0.839. The van der Waals surface area contributed by atoms with E-state index < -0.39 is 0 Å². The smallest absolute Gasteiger partial charge is 0.255 e. The molecular formula is C15H16N2O3. The maximum atomic E-state index is 12.1. The molecule has 0 bridgehead atoms. The number of nitrogen functional groups attached to an aromatic ring is 1. The third kappa shape index (κ3) is 3.00. The fourth-order valence-corrected chi connectivity index (χ4v) is 1.75. The van der Waals surface area contributed by atoms with Crippen molar-refractivity contribution in [3.63, 3.8) is 0 Å². The van der Waals surface area contributed by atoms with Crippen molar-refractivity contribution in [1.82, 2.24) is 0 Å². The van der Waals surface area contributed by atoms with Gasteiger partial charge in [-0.15, -0.1) is 0 Å². The number of methoxy groups -OCH3 is 2. The minimum Gasteiger partial charge on any atom is -0.493 e. The zero-order valence-electron chi connectivity index (χ0n) is 11.3. The van der Waals surface area contributed by atoms with Gasteiger partial charge in [-0.25, -0.2) is 0 Å². The van der Waals surface area contributed by atoms with E-state index in [1.54, 1.807) is 49.6 Å². The molecule has 0 unspecified atom stereocenters. The van der Waals surface area contributed by atoms with Crippen LogP contribution in [0.2, 0.25) is 0 Å². The lowest BCUT2D eigenvalue weighted by atomic mass is 10.2.